The lowest BCUT2D eigenvalue weighted by Gasteiger charge is -2.10. The highest BCUT2D eigenvalue weighted by Gasteiger charge is 1.98. The minimum atomic E-state index is 0.207. The van der Waals surface area contributed by atoms with Gasteiger partial charge in [-0.25, -0.2) is 4.98 Å². The fraction of sp³-hybridized carbons (Fsp3) is 0.308. The molecule has 2 aromatic rings. The third-order valence-corrected chi connectivity index (χ3v) is 2.26. The van der Waals surface area contributed by atoms with E-state index in [2.05, 4.69) is 15.3 Å². The Hall–Kier alpha value is -1.97. The van der Waals surface area contributed by atoms with E-state index in [1.54, 1.807) is 6.33 Å². The molecule has 1 aromatic heterocycles. The van der Waals surface area contributed by atoms with Crippen molar-refractivity contribution in [2.75, 3.05) is 5.32 Å². The molecule has 0 saturated heterocycles. The number of aromatic nitrogens is 2. The van der Waals surface area contributed by atoms with Gasteiger partial charge in [-0.05, 0) is 38.1 Å². The van der Waals surface area contributed by atoms with Gasteiger partial charge >= 0.3 is 0 Å². The maximum Gasteiger partial charge on any atom is 0.119 e. The summed E-state index contributed by atoms with van der Waals surface area (Å²) in [5, 5.41) is 3.30. The highest BCUT2D eigenvalue weighted by Crippen LogP contribution is 2.17. The quantitative estimate of drug-likeness (QED) is 0.832. The largest absolute Gasteiger partial charge is 0.491 e. The van der Waals surface area contributed by atoms with Crippen LogP contribution in [0.25, 0.3) is 0 Å². The zero-order valence-corrected chi connectivity index (χ0v) is 10.1. The molecular formula is C13H17N3O. The second-order valence-electron chi connectivity index (χ2n) is 4.12. The van der Waals surface area contributed by atoms with Gasteiger partial charge in [0.15, 0.2) is 0 Å². The number of anilines is 1. The van der Waals surface area contributed by atoms with Crippen molar-refractivity contribution < 1.29 is 4.74 Å². The molecule has 0 spiro atoms. The van der Waals surface area contributed by atoms with Crippen LogP contribution in [0.1, 0.15) is 19.5 Å². The second-order valence-corrected chi connectivity index (χ2v) is 4.12. The van der Waals surface area contributed by atoms with Crippen molar-refractivity contribution in [2.45, 2.75) is 26.5 Å². The molecule has 2 rings (SSSR count). The summed E-state index contributed by atoms with van der Waals surface area (Å²) in [4.78, 5) is 7.01. The van der Waals surface area contributed by atoms with Gasteiger partial charge in [-0.15, -0.1) is 0 Å². The summed E-state index contributed by atoms with van der Waals surface area (Å²) in [7, 11) is 0. The van der Waals surface area contributed by atoms with Gasteiger partial charge in [0.25, 0.3) is 0 Å². The molecule has 0 amide bonds. The number of H-pyrrole nitrogens is 1. The van der Waals surface area contributed by atoms with E-state index in [1.807, 2.05) is 44.3 Å². The van der Waals surface area contributed by atoms with E-state index in [0.717, 1.165) is 23.7 Å². The Morgan fingerprint density at radius 1 is 1.29 bits per heavy atom. The summed E-state index contributed by atoms with van der Waals surface area (Å²) in [6.07, 6.45) is 3.69. The van der Waals surface area contributed by atoms with Crippen LogP contribution in [0.5, 0.6) is 5.75 Å². The summed E-state index contributed by atoms with van der Waals surface area (Å²) < 4.78 is 5.58. The number of nitrogens with one attached hydrogen (secondary N) is 2. The van der Waals surface area contributed by atoms with Gasteiger partial charge in [-0.3, -0.25) is 0 Å². The van der Waals surface area contributed by atoms with Crippen molar-refractivity contribution in [2.24, 2.45) is 0 Å². The van der Waals surface area contributed by atoms with Crippen LogP contribution in [0.4, 0.5) is 5.69 Å². The molecule has 17 heavy (non-hydrogen) atoms. The Morgan fingerprint density at radius 2 is 2.06 bits per heavy atom. The molecule has 1 aromatic carbocycles. The third kappa shape index (κ3) is 3.52. The first-order valence-corrected chi connectivity index (χ1v) is 5.72. The van der Waals surface area contributed by atoms with Gasteiger partial charge in [0, 0.05) is 11.9 Å². The van der Waals surface area contributed by atoms with Crippen molar-refractivity contribution >= 4 is 5.69 Å². The number of hydrogen-bond acceptors (Lipinski definition) is 3. The van der Waals surface area contributed by atoms with Gasteiger partial charge in [0.2, 0.25) is 0 Å². The Balaban J connectivity index is 1.89. The number of ether oxygens (including phenoxy) is 1. The Morgan fingerprint density at radius 3 is 2.65 bits per heavy atom. The molecule has 90 valence electrons. The number of rotatable bonds is 5. The molecule has 1 heterocycles. The minimum Gasteiger partial charge on any atom is -0.491 e. The molecule has 0 aliphatic rings. The molecule has 0 unspecified atom stereocenters. The van der Waals surface area contributed by atoms with Crippen LogP contribution in [0.3, 0.4) is 0 Å². The number of aromatic amines is 1. The molecule has 0 fully saturated rings. The van der Waals surface area contributed by atoms with Crippen LogP contribution in [-0.2, 0) is 6.54 Å². The maximum absolute atomic E-state index is 5.58. The first kappa shape index (κ1) is 11.5. The highest BCUT2D eigenvalue weighted by atomic mass is 16.5. The zero-order chi connectivity index (χ0) is 12.1. The van der Waals surface area contributed by atoms with E-state index in [9.17, 15) is 0 Å². The van der Waals surface area contributed by atoms with Crippen LogP contribution < -0.4 is 10.1 Å². The summed E-state index contributed by atoms with van der Waals surface area (Å²) in [6, 6.07) is 7.95. The summed E-state index contributed by atoms with van der Waals surface area (Å²) >= 11 is 0. The Kier molecular flexibility index (Phi) is 3.65. The average molecular weight is 231 g/mol. The first-order valence-electron chi connectivity index (χ1n) is 5.72. The molecule has 0 bridgehead atoms. The normalized spacial score (nSPS) is 10.5. The van der Waals surface area contributed by atoms with Crippen molar-refractivity contribution in [1.29, 1.82) is 0 Å². The van der Waals surface area contributed by atoms with E-state index in [4.69, 9.17) is 4.74 Å². The third-order valence-electron chi connectivity index (χ3n) is 2.26. The number of benzene rings is 1. The smallest absolute Gasteiger partial charge is 0.119 e. The van der Waals surface area contributed by atoms with Gasteiger partial charge in [0.1, 0.15) is 5.75 Å². The van der Waals surface area contributed by atoms with Crippen molar-refractivity contribution in [1.82, 2.24) is 9.97 Å². The lowest BCUT2D eigenvalue weighted by Crippen LogP contribution is -2.05. The topological polar surface area (TPSA) is 49.9 Å². The molecule has 0 saturated carbocycles. The highest BCUT2D eigenvalue weighted by molar-refractivity contribution is 5.46. The van der Waals surface area contributed by atoms with Gasteiger partial charge < -0.3 is 15.0 Å². The zero-order valence-electron chi connectivity index (χ0n) is 10.1. The number of nitrogens with zero attached hydrogens (tertiary/aromatic N) is 1. The lowest BCUT2D eigenvalue weighted by molar-refractivity contribution is 0.242. The molecule has 4 nitrogen and oxygen atoms in total. The minimum absolute atomic E-state index is 0.207. The summed E-state index contributed by atoms with van der Waals surface area (Å²) in [5.41, 5.74) is 2.13. The number of imidazole rings is 1. The SMILES string of the molecule is CC(C)Oc1ccc(NCc2cnc[nH]2)cc1. The van der Waals surface area contributed by atoms with Gasteiger partial charge in [-0.1, -0.05) is 0 Å². The van der Waals surface area contributed by atoms with E-state index in [0.29, 0.717) is 0 Å². The summed E-state index contributed by atoms with van der Waals surface area (Å²) in [6.45, 7) is 4.78. The average Bonchev–Trinajstić information content (AvgIpc) is 2.80. The monoisotopic (exact) mass is 231 g/mol. The number of hydrogen-bond donors (Lipinski definition) is 2. The van der Waals surface area contributed by atoms with Crippen LogP contribution in [-0.4, -0.2) is 16.1 Å². The molecular weight excluding hydrogens is 214 g/mol. The van der Waals surface area contributed by atoms with Crippen LogP contribution >= 0.6 is 0 Å². The lowest BCUT2D eigenvalue weighted by atomic mass is 10.3. The van der Waals surface area contributed by atoms with Gasteiger partial charge in [-0.2, -0.15) is 0 Å². The molecule has 0 atom stereocenters. The molecule has 0 radical (unpaired) electrons. The van der Waals surface area contributed by atoms with Crippen molar-refractivity contribution in [3.05, 3.63) is 42.5 Å². The second kappa shape index (κ2) is 5.39. The van der Waals surface area contributed by atoms with Crippen molar-refractivity contribution in [3.8, 4) is 5.75 Å². The molecule has 4 heteroatoms. The van der Waals surface area contributed by atoms with E-state index < -0.39 is 0 Å². The molecule has 0 aliphatic heterocycles. The first-order chi connectivity index (χ1) is 8.24. The standard InChI is InChI=1S/C13H17N3O/c1-10(2)17-13-5-3-11(4-6-13)15-8-12-7-14-9-16-12/h3-7,9-10,15H,8H2,1-2H3,(H,14,16). The Labute approximate surface area is 101 Å². The van der Waals surface area contributed by atoms with Crippen LogP contribution in [0, 0.1) is 0 Å². The predicted molar refractivity (Wildman–Crippen MR) is 68.1 cm³/mol. The fourth-order valence-corrected chi connectivity index (χ4v) is 1.50. The van der Waals surface area contributed by atoms with E-state index >= 15 is 0 Å². The fourth-order valence-electron chi connectivity index (χ4n) is 1.50. The van der Waals surface area contributed by atoms with Crippen molar-refractivity contribution in [3.63, 3.8) is 0 Å². The predicted octanol–water partition coefficient (Wildman–Crippen LogP) is 2.81. The van der Waals surface area contributed by atoms with E-state index in [1.165, 1.54) is 0 Å². The van der Waals surface area contributed by atoms with Crippen LogP contribution in [0.15, 0.2) is 36.8 Å². The summed E-state index contributed by atoms with van der Waals surface area (Å²) in [5.74, 6) is 0.895. The maximum atomic E-state index is 5.58. The van der Waals surface area contributed by atoms with Crippen LogP contribution in [0.2, 0.25) is 0 Å². The Bertz CT molecular complexity index is 434. The molecule has 2 N–H and O–H groups in total. The van der Waals surface area contributed by atoms with Gasteiger partial charge in [0.05, 0.1) is 24.7 Å². The molecule has 0 aliphatic carbocycles. The van der Waals surface area contributed by atoms with E-state index in [-0.39, 0.29) is 6.10 Å².